The van der Waals surface area contributed by atoms with Crippen LogP contribution in [0.15, 0.2) is 0 Å². The van der Waals surface area contributed by atoms with Gasteiger partial charge in [0.05, 0.1) is 12.5 Å². The molecule has 0 unspecified atom stereocenters. The summed E-state index contributed by atoms with van der Waals surface area (Å²) >= 11 is 3.92. The summed E-state index contributed by atoms with van der Waals surface area (Å²) in [6.07, 6.45) is -0.286. The van der Waals surface area contributed by atoms with Crippen LogP contribution >= 0.6 is 12.6 Å². The van der Waals surface area contributed by atoms with Crippen LogP contribution in [0.4, 0.5) is 0 Å². The fraction of sp³-hybridized carbons (Fsp3) is 0.696. The molecule has 0 bridgehead atoms. The Morgan fingerprint density at radius 3 is 2.10 bits per heavy atom. The lowest BCUT2D eigenvalue weighted by Gasteiger charge is -2.30. The zero-order chi connectivity index (χ0) is 29.9. The predicted octanol–water partition coefficient (Wildman–Crippen LogP) is -2.44. The lowest BCUT2D eigenvalue weighted by atomic mass is 10.0. The second kappa shape index (κ2) is 15.9. The molecule has 0 spiro atoms. The summed E-state index contributed by atoms with van der Waals surface area (Å²) in [7, 11) is 0. The molecule has 1 aliphatic rings. The average molecular weight is 575 g/mol. The number of carboxylic acid groups (broad SMARTS) is 2. The molecular formula is C23H38N6O9S. The van der Waals surface area contributed by atoms with Gasteiger partial charge in [-0.3, -0.25) is 28.8 Å². The summed E-state index contributed by atoms with van der Waals surface area (Å²) in [4.78, 5) is 86.5. The van der Waals surface area contributed by atoms with E-state index in [0.29, 0.717) is 6.42 Å². The standard InChI is InChI=1S/C23H38N6O9S/c1-11(2)8-13(20(34)28-15(10-39)23(37)38)26-21(35)16-4-3-7-29(16)22(36)14(9-18(31)32)27-19(33)12(24)5-6-17(25)30/h11-16,39H,3-10,24H2,1-2H3,(H2,25,30)(H,26,35)(H,27,33)(H,28,34)(H,31,32)(H,37,38)/t12-,13-,14-,15-,16-/m0/s1. The highest BCUT2D eigenvalue weighted by Crippen LogP contribution is 2.20. The fourth-order valence-electron chi connectivity index (χ4n) is 4.01. The quantitative estimate of drug-likeness (QED) is 0.0904. The Morgan fingerprint density at radius 2 is 1.59 bits per heavy atom. The van der Waals surface area contributed by atoms with Gasteiger partial charge < -0.3 is 42.5 Å². The van der Waals surface area contributed by atoms with E-state index in [4.69, 9.17) is 11.5 Å². The number of nitrogens with two attached hydrogens (primary N) is 2. The molecule has 1 fully saturated rings. The maximum atomic E-state index is 13.3. The van der Waals surface area contributed by atoms with Gasteiger partial charge in [-0.1, -0.05) is 13.8 Å². The second-order valence-electron chi connectivity index (χ2n) is 9.73. The minimum Gasteiger partial charge on any atom is -0.481 e. The number of thiol groups is 1. The summed E-state index contributed by atoms with van der Waals surface area (Å²) in [5.74, 6) is -6.68. The number of nitrogens with one attached hydrogen (secondary N) is 3. The molecule has 0 aromatic carbocycles. The maximum absolute atomic E-state index is 13.3. The molecule has 0 saturated carbocycles. The molecule has 0 aliphatic carbocycles. The van der Waals surface area contributed by atoms with E-state index >= 15 is 0 Å². The number of nitrogens with zero attached hydrogens (tertiary/aromatic N) is 1. The number of rotatable bonds is 16. The number of hydrogen-bond acceptors (Lipinski definition) is 9. The first-order valence-corrected chi connectivity index (χ1v) is 13.1. The molecule has 0 aromatic heterocycles. The molecule has 1 rings (SSSR count). The minimum absolute atomic E-state index is 0.0597. The van der Waals surface area contributed by atoms with E-state index in [1.54, 1.807) is 13.8 Å². The first kappa shape index (κ1) is 33.6. The van der Waals surface area contributed by atoms with Crippen LogP contribution in [0, 0.1) is 5.92 Å². The molecule has 15 nitrogen and oxygen atoms in total. The van der Waals surface area contributed by atoms with Crippen LogP contribution in [-0.2, 0) is 33.6 Å². The van der Waals surface area contributed by atoms with Crippen molar-refractivity contribution in [2.24, 2.45) is 17.4 Å². The van der Waals surface area contributed by atoms with E-state index in [9.17, 15) is 43.8 Å². The Hall–Kier alpha value is -3.40. The zero-order valence-electron chi connectivity index (χ0n) is 21.9. The smallest absolute Gasteiger partial charge is 0.327 e. The minimum atomic E-state index is -1.54. The molecule has 16 heteroatoms. The predicted molar refractivity (Wildman–Crippen MR) is 140 cm³/mol. The Labute approximate surface area is 231 Å². The number of likely N-dealkylation sites (tertiary alicyclic amines) is 1. The molecular weight excluding hydrogens is 536 g/mol. The Morgan fingerprint density at radius 1 is 0.974 bits per heavy atom. The van der Waals surface area contributed by atoms with Crippen molar-refractivity contribution in [2.75, 3.05) is 12.3 Å². The summed E-state index contributed by atoms with van der Waals surface area (Å²) in [5.41, 5.74) is 10.8. The lowest BCUT2D eigenvalue weighted by Crippen LogP contribution is -2.58. The van der Waals surface area contributed by atoms with Crippen molar-refractivity contribution in [3.8, 4) is 0 Å². The van der Waals surface area contributed by atoms with E-state index in [-0.39, 0.29) is 43.9 Å². The Bertz CT molecular complexity index is 947. The van der Waals surface area contributed by atoms with E-state index in [0.717, 1.165) is 4.90 Å². The van der Waals surface area contributed by atoms with Gasteiger partial charge in [-0.25, -0.2) is 4.79 Å². The molecule has 220 valence electrons. The van der Waals surface area contributed by atoms with Crippen LogP contribution in [0.25, 0.3) is 0 Å². The molecule has 1 saturated heterocycles. The molecule has 39 heavy (non-hydrogen) atoms. The summed E-state index contributed by atoms with van der Waals surface area (Å²) in [6.45, 7) is 3.70. The van der Waals surface area contributed by atoms with Crippen LogP contribution in [-0.4, -0.2) is 99.1 Å². The first-order valence-electron chi connectivity index (χ1n) is 12.5. The van der Waals surface area contributed by atoms with Crippen molar-refractivity contribution in [1.29, 1.82) is 0 Å². The van der Waals surface area contributed by atoms with Gasteiger partial charge in [-0.2, -0.15) is 12.6 Å². The van der Waals surface area contributed by atoms with E-state index in [1.165, 1.54) is 0 Å². The molecule has 9 N–H and O–H groups in total. The third-order valence-corrected chi connectivity index (χ3v) is 6.37. The number of primary amides is 1. The number of hydrogen-bond donors (Lipinski definition) is 8. The topological polar surface area (TPSA) is 251 Å². The van der Waals surface area contributed by atoms with Gasteiger partial charge in [0.15, 0.2) is 0 Å². The van der Waals surface area contributed by atoms with Gasteiger partial charge in [-0.15, -0.1) is 0 Å². The monoisotopic (exact) mass is 574 g/mol. The van der Waals surface area contributed by atoms with Crippen molar-refractivity contribution in [3.05, 3.63) is 0 Å². The van der Waals surface area contributed by atoms with E-state index < -0.39 is 78.1 Å². The van der Waals surface area contributed by atoms with Crippen LogP contribution in [0.5, 0.6) is 0 Å². The van der Waals surface area contributed by atoms with Gasteiger partial charge in [0.2, 0.25) is 29.5 Å². The van der Waals surface area contributed by atoms with Gasteiger partial charge in [0, 0.05) is 18.7 Å². The van der Waals surface area contributed by atoms with Gasteiger partial charge in [0.1, 0.15) is 24.2 Å². The van der Waals surface area contributed by atoms with Crippen molar-refractivity contribution in [3.63, 3.8) is 0 Å². The van der Waals surface area contributed by atoms with Crippen molar-refractivity contribution < 1.29 is 43.8 Å². The number of carbonyl (C=O) groups excluding carboxylic acids is 5. The molecule has 5 atom stereocenters. The van der Waals surface area contributed by atoms with E-state index in [2.05, 4.69) is 28.6 Å². The highest BCUT2D eigenvalue weighted by Gasteiger charge is 2.40. The highest BCUT2D eigenvalue weighted by molar-refractivity contribution is 7.80. The number of aliphatic carboxylic acids is 2. The average Bonchev–Trinajstić information content (AvgIpc) is 3.33. The summed E-state index contributed by atoms with van der Waals surface area (Å²) in [6, 6.07) is -6.19. The van der Waals surface area contributed by atoms with Crippen LogP contribution < -0.4 is 27.4 Å². The molecule has 1 heterocycles. The van der Waals surface area contributed by atoms with Crippen molar-refractivity contribution in [2.45, 2.75) is 82.6 Å². The second-order valence-corrected chi connectivity index (χ2v) is 10.1. The molecule has 0 radical (unpaired) electrons. The summed E-state index contributed by atoms with van der Waals surface area (Å²) < 4.78 is 0. The zero-order valence-corrected chi connectivity index (χ0v) is 22.8. The maximum Gasteiger partial charge on any atom is 0.327 e. The number of carboxylic acids is 2. The van der Waals surface area contributed by atoms with Crippen LogP contribution in [0.2, 0.25) is 0 Å². The summed E-state index contributed by atoms with van der Waals surface area (Å²) in [5, 5.41) is 25.7. The normalized spacial score (nSPS) is 18.0. The molecule has 5 amide bonds. The number of carbonyl (C=O) groups is 7. The van der Waals surface area contributed by atoms with Crippen LogP contribution in [0.1, 0.15) is 52.4 Å². The van der Waals surface area contributed by atoms with Gasteiger partial charge in [0.25, 0.3) is 0 Å². The van der Waals surface area contributed by atoms with Crippen molar-refractivity contribution in [1.82, 2.24) is 20.9 Å². The number of amides is 5. The Balaban J connectivity index is 3.04. The van der Waals surface area contributed by atoms with Crippen LogP contribution in [0.3, 0.4) is 0 Å². The van der Waals surface area contributed by atoms with Gasteiger partial charge >= 0.3 is 11.9 Å². The van der Waals surface area contributed by atoms with E-state index in [1.807, 2.05) is 0 Å². The highest BCUT2D eigenvalue weighted by atomic mass is 32.1. The first-order chi connectivity index (χ1) is 18.2. The fourth-order valence-corrected chi connectivity index (χ4v) is 4.26. The largest absolute Gasteiger partial charge is 0.481 e. The third kappa shape index (κ3) is 11.1. The third-order valence-electron chi connectivity index (χ3n) is 6.01. The lowest BCUT2D eigenvalue weighted by molar-refractivity contribution is -0.146. The Kier molecular flexibility index (Phi) is 13.7. The molecule has 0 aromatic rings. The van der Waals surface area contributed by atoms with Gasteiger partial charge in [-0.05, 0) is 31.6 Å². The van der Waals surface area contributed by atoms with Crippen molar-refractivity contribution >= 4 is 54.1 Å². The molecule has 1 aliphatic heterocycles. The SMILES string of the molecule is CC(C)C[C@H](NC(=O)[C@@H]1CCCN1C(=O)[C@H](CC(=O)O)NC(=O)[C@@H](N)CCC(N)=O)C(=O)N[C@@H](CS)C(=O)O.